The van der Waals surface area contributed by atoms with Gasteiger partial charge in [0.05, 0.1) is 5.71 Å². The van der Waals surface area contributed by atoms with Gasteiger partial charge in [0.1, 0.15) is 0 Å². The first-order chi connectivity index (χ1) is 8.81. The summed E-state index contributed by atoms with van der Waals surface area (Å²) in [5.74, 6) is -0.000590. The lowest BCUT2D eigenvalue weighted by molar-refractivity contribution is -0.121. The van der Waals surface area contributed by atoms with Crippen molar-refractivity contribution in [2.75, 3.05) is 6.54 Å². The van der Waals surface area contributed by atoms with Crippen LogP contribution < -0.4 is 11.2 Å². The zero-order chi connectivity index (χ0) is 12.8. The molecule has 1 aromatic rings. The third kappa shape index (κ3) is 3.17. The summed E-state index contributed by atoms with van der Waals surface area (Å²) in [5.41, 5.74) is 11.5. The van der Waals surface area contributed by atoms with Crippen LogP contribution in [-0.2, 0) is 11.2 Å². The van der Waals surface area contributed by atoms with Crippen LogP contribution >= 0.6 is 0 Å². The van der Waals surface area contributed by atoms with Crippen LogP contribution in [0.3, 0.4) is 0 Å². The van der Waals surface area contributed by atoms with Crippen molar-refractivity contribution in [2.24, 2.45) is 10.8 Å². The fourth-order valence-electron chi connectivity index (χ4n) is 2.15. The zero-order valence-electron chi connectivity index (χ0n) is 10.5. The Morgan fingerprint density at radius 2 is 2.06 bits per heavy atom. The van der Waals surface area contributed by atoms with Crippen LogP contribution in [0.4, 0.5) is 0 Å². The zero-order valence-corrected chi connectivity index (χ0v) is 10.5. The van der Waals surface area contributed by atoms with Gasteiger partial charge in [-0.05, 0) is 31.4 Å². The first-order valence-electron chi connectivity index (χ1n) is 6.45. The second-order valence-corrected chi connectivity index (χ2v) is 4.50. The molecule has 0 spiro atoms. The lowest BCUT2D eigenvalue weighted by Crippen LogP contribution is -2.26. The Bertz CT molecular complexity index is 454. The van der Waals surface area contributed by atoms with Crippen molar-refractivity contribution in [3.8, 4) is 0 Å². The fraction of sp³-hybridized carbons (Fsp3) is 0.429. The highest BCUT2D eigenvalue weighted by molar-refractivity contribution is 6.05. The number of rotatable bonds is 5. The molecule has 18 heavy (non-hydrogen) atoms. The average Bonchev–Trinajstić information content (AvgIpc) is 2.41. The number of amides is 1. The highest BCUT2D eigenvalue weighted by Crippen LogP contribution is 2.17. The maximum atomic E-state index is 11.1. The van der Waals surface area contributed by atoms with Crippen molar-refractivity contribution < 1.29 is 4.79 Å². The number of nitrogens with one attached hydrogen (secondary N) is 1. The van der Waals surface area contributed by atoms with E-state index in [9.17, 15) is 4.79 Å². The molecule has 0 saturated heterocycles. The highest BCUT2D eigenvalue weighted by Gasteiger charge is 2.15. The number of hydrogen-bond acceptors (Lipinski definition) is 3. The molecule has 1 aliphatic rings. The number of unbranched alkanes of at least 4 members (excludes halogenated alkanes) is 1. The Labute approximate surface area is 107 Å². The van der Waals surface area contributed by atoms with Gasteiger partial charge in [-0.2, -0.15) is 5.10 Å². The molecule has 0 bridgehead atoms. The summed E-state index contributed by atoms with van der Waals surface area (Å²) >= 11 is 0. The smallest absolute Gasteiger partial charge is 0.240 e. The van der Waals surface area contributed by atoms with Crippen LogP contribution in [0.1, 0.15) is 36.8 Å². The van der Waals surface area contributed by atoms with Gasteiger partial charge in [-0.25, -0.2) is 5.43 Å². The standard InChI is InChI=1S/C14H19N3O/c15-10-4-3-6-11-5-1-2-7-12(11)13-8-9-14(18)17-16-13/h1-2,5,7H,3-4,6,8-10,15H2,(H,17,18). The predicted molar refractivity (Wildman–Crippen MR) is 72.3 cm³/mol. The molecule has 4 nitrogen and oxygen atoms in total. The molecule has 0 saturated carbocycles. The van der Waals surface area contributed by atoms with E-state index in [0.29, 0.717) is 6.42 Å². The van der Waals surface area contributed by atoms with E-state index in [2.05, 4.69) is 22.7 Å². The Hall–Kier alpha value is -1.68. The molecule has 96 valence electrons. The van der Waals surface area contributed by atoms with Gasteiger partial charge in [0.25, 0.3) is 0 Å². The average molecular weight is 245 g/mol. The number of carbonyl (C=O) groups excluding carboxylic acids is 1. The summed E-state index contributed by atoms with van der Waals surface area (Å²) in [7, 11) is 0. The minimum Gasteiger partial charge on any atom is -0.330 e. The molecule has 0 aromatic heterocycles. The van der Waals surface area contributed by atoms with Gasteiger partial charge in [0.2, 0.25) is 5.91 Å². The molecule has 1 heterocycles. The van der Waals surface area contributed by atoms with E-state index in [0.717, 1.165) is 43.5 Å². The monoisotopic (exact) mass is 245 g/mol. The maximum Gasteiger partial charge on any atom is 0.240 e. The lowest BCUT2D eigenvalue weighted by atomic mass is 9.96. The summed E-state index contributed by atoms with van der Waals surface area (Å²) < 4.78 is 0. The van der Waals surface area contributed by atoms with Gasteiger partial charge in [-0.3, -0.25) is 4.79 Å². The van der Waals surface area contributed by atoms with Crippen molar-refractivity contribution in [3.05, 3.63) is 35.4 Å². The molecule has 3 N–H and O–H groups in total. The van der Waals surface area contributed by atoms with Crippen molar-refractivity contribution in [1.82, 2.24) is 5.43 Å². The summed E-state index contributed by atoms with van der Waals surface area (Å²) in [5, 5.41) is 4.16. The molecule has 0 atom stereocenters. The summed E-state index contributed by atoms with van der Waals surface area (Å²) in [4.78, 5) is 11.1. The molecule has 1 amide bonds. The molecular weight excluding hydrogens is 226 g/mol. The van der Waals surface area contributed by atoms with Crippen LogP contribution in [0.25, 0.3) is 0 Å². The molecule has 0 radical (unpaired) electrons. The molecule has 0 fully saturated rings. The Morgan fingerprint density at radius 3 is 2.78 bits per heavy atom. The number of hydrogen-bond donors (Lipinski definition) is 2. The second kappa shape index (κ2) is 6.31. The predicted octanol–water partition coefficient (Wildman–Crippen LogP) is 1.58. The molecular formula is C14H19N3O. The SMILES string of the molecule is NCCCCc1ccccc1C1=NNC(=O)CC1. The number of benzene rings is 1. The van der Waals surface area contributed by atoms with Crippen LogP contribution in [0.15, 0.2) is 29.4 Å². The maximum absolute atomic E-state index is 11.1. The van der Waals surface area contributed by atoms with Gasteiger partial charge in [0, 0.05) is 18.4 Å². The largest absolute Gasteiger partial charge is 0.330 e. The Kier molecular flexibility index (Phi) is 4.47. The van der Waals surface area contributed by atoms with E-state index >= 15 is 0 Å². The normalized spacial score (nSPS) is 15.2. The van der Waals surface area contributed by atoms with Crippen molar-refractivity contribution in [2.45, 2.75) is 32.1 Å². The molecule has 1 aliphatic heterocycles. The molecule has 2 rings (SSSR count). The van der Waals surface area contributed by atoms with Crippen LogP contribution in [0.5, 0.6) is 0 Å². The van der Waals surface area contributed by atoms with Crippen LogP contribution in [0, 0.1) is 0 Å². The number of nitrogens with zero attached hydrogens (tertiary/aromatic N) is 1. The number of aryl methyl sites for hydroxylation is 1. The van der Waals surface area contributed by atoms with Crippen molar-refractivity contribution in [3.63, 3.8) is 0 Å². The minimum atomic E-state index is -0.000590. The third-order valence-electron chi connectivity index (χ3n) is 3.13. The van der Waals surface area contributed by atoms with Gasteiger partial charge >= 0.3 is 0 Å². The second-order valence-electron chi connectivity index (χ2n) is 4.50. The number of nitrogens with two attached hydrogens (primary N) is 1. The van der Waals surface area contributed by atoms with Gasteiger partial charge in [0.15, 0.2) is 0 Å². The highest BCUT2D eigenvalue weighted by atomic mass is 16.2. The van der Waals surface area contributed by atoms with E-state index in [-0.39, 0.29) is 5.91 Å². The molecule has 0 unspecified atom stereocenters. The van der Waals surface area contributed by atoms with Crippen molar-refractivity contribution >= 4 is 11.6 Å². The van der Waals surface area contributed by atoms with Gasteiger partial charge in [-0.1, -0.05) is 24.3 Å². The summed E-state index contributed by atoms with van der Waals surface area (Å²) in [6.45, 7) is 0.735. The van der Waals surface area contributed by atoms with E-state index in [4.69, 9.17) is 5.73 Å². The Balaban J connectivity index is 2.14. The van der Waals surface area contributed by atoms with E-state index in [1.54, 1.807) is 0 Å². The number of hydrazone groups is 1. The first-order valence-corrected chi connectivity index (χ1v) is 6.45. The topological polar surface area (TPSA) is 67.5 Å². The van der Waals surface area contributed by atoms with E-state index in [1.165, 1.54) is 5.56 Å². The van der Waals surface area contributed by atoms with Crippen molar-refractivity contribution in [1.29, 1.82) is 0 Å². The summed E-state index contributed by atoms with van der Waals surface area (Å²) in [6.07, 6.45) is 4.39. The van der Waals surface area contributed by atoms with Gasteiger partial charge < -0.3 is 5.73 Å². The van der Waals surface area contributed by atoms with Crippen LogP contribution in [0.2, 0.25) is 0 Å². The molecule has 4 heteroatoms. The summed E-state index contributed by atoms with van der Waals surface area (Å²) in [6, 6.07) is 8.27. The van der Waals surface area contributed by atoms with E-state index < -0.39 is 0 Å². The molecule has 1 aromatic carbocycles. The van der Waals surface area contributed by atoms with Gasteiger partial charge in [-0.15, -0.1) is 0 Å². The quantitative estimate of drug-likeness (QED) is 0.773. The lowest BCUT2D eigenvalue weighted by Gasteiger charge is -2.15. The van der Waals surface area contributed by atoms with Crippen LogP contribution in [-0.4, -0.2) is 18.2 Å². The number of carbonyl (C=O) groups is 1. The fourth-order valence-corrected chi connectivity index (χ4v) is 2.15. The Morgan fingerprint density at radius 1 is 1.22 bits per heavy atom. The van der Waals surface area contributed by atoms with E-state index in [1.807, 2.05) is 12.1 Å². The third-order valence-corrected chi connectivity index (χ3v) is 3.13. The molecule has 0 aliphatic carbocycles. The first kappa shape index (κ1) is 12.8. The minimum absolute atomic E-state index is 0.000590.